The number of hydrogen-bond acceptors (Lipinski definition) is 4. The van der Waals surface area contributed by atoms with Crippen LogP contribution in [0.4, 0.5) is 5.69 Å². The van der Waals surface area contributed by atoms with E-state index < -0.39 is 12.2 Å². The van der Waals surface area contributed by atoms with Crippen molar-refractivity contribution in [2.75, 3.05) is 18.4 Å². The molecule has 3 aromatic carbocycles. The van der Waals surface area contributed by atoms with Gasteiger partial charge < -0.3 is 20.8 Å². The van der Waals surface area contributed by atoms with Crippen molar-refractivity contribution in [2.24, 2.45) is 0 Å². The molecule has 3 atom stereocenters. The summed E-state index contributed by atoms with van der Waals surface area (Å²) < 4.78 is 0. The van der Waals surface area contributed by atoms with Crippen molar-refractivity contribution in [3.8, 4) is 0 Å². The third kappa shape index (κ3) is 2.55. The SMILES string of the molecule is O[C@H]1[C@@H](O)CN[C@@H]1CNc1c2ccccc2cc2ccccc12. The van der Waals surface area contributed by atoms with Gasteiger partial charge in [0.1, 0.15) is 0 Å². The Balaban J connectivity index is 1.74. The molecule has 0 radical (unpaired) electrons. The third-order valence-corrected chi connectivity index (χ3v) is 4.67. The van der Waals surface area contributed by atoms with Crippen molar-refractivity contribution in [2.45, 2.75) is 18.2 Å². The maximum Gasteiger partial charge on any atom is 0.0981 e. The van der Waals surface area contributed by atoms with E-state index in [4.69, 9.17) is 0 Å². The molecule has 0 saturated carbocycles. The van der Waals surface area contributed by atoms with Crippen LogP contribution >= 0.6 is 0 Å². The molecule has 4 nitrogen and oxygen atoms in total. The molecule has 4 N–H and O–H groups in total. The van der Waals surface area contributed by atoms with Crippen LogP contribution in [0.1, 0.15) is 0 Å². The van der Waals surface area contributed by atoms with Gasteiger partial charge in [-0.3, -0.25) is 0 Å². The second-order valence-electron chi connectivity index (χ2n) is 6.15. The first kappa shape index (κ1) is 14.5. The lowest BCUT2D eigenvalue weighted by Gasteiger charge is -2.19. The third-order valence-electron chi connectivity index (χ3n) is 4.67. The summed E-state index contributed by atoms with van der Waals surface area (Å²) in [5.74, 6) is 0. The number of benzene rings is 3. The highest BCUT2D eigenvalue weighted by molar-refractivity contribution is 6.10. The standard InChI is InChI=1S/C19H20N2O2/c22-17-11-20-16(19(17)23)10-21-18-14-7-3-1-5-12(14)9-13-6-2-4-8-15(13)18/h1-9,16-17,19-23H,10-11H2/t16-,17+,19-/m1/s1. The molecule has 0 aliphatic carbocycles. The first-order valence-corrected chi connectivity index (χ1v) is 7.98. The van der Waals surface area contributed by atoms with Crippen LogP contribution in [0, 0.1) is 0 Å². The maximum absolute atomic E-state index is 10.0. The Morgan fingerprint density at radius 3 is 2.13 bits per heavy atom. The molecule has 4 heteroatoms. The molecule has 1 heterocycles. The van der Waals surface area contributed by atoms with E-state index in [-0.39, 0.29) is 6.04 Å². The fraction of sp³-hybridized carbons (Fsp3) is 0.263. The molecule has 0 amide bonds. The number of β-amino-alcohol motifs (C(OH)–C–C–N with tert-alkyl or cyclic N) is 1. The second kappa shape index (κ2) is 5.81. The molecular formula is C19H20N2O2. The van der Waals surface area contributed by atoms with Crippen molar-refractivity contribution in [3.05, 3.63) is 54.6 Å². The lowest BCUT2D eigenvalue weighted by atomic mass is 10.0. The number of fused-ring (bicyclic) bond motifs is 2. The molecule has 1 fully saturated rings. The number of aliphatic hydroxyl groups excluding tert-OH is 2. The van der Waals surface area contributed by atoms with Gasteiger partial charge in [0.05, 0.1) is 18.2 Å². The molecule has 1 saturated heterocycles. The van der Waals surface area contributed by atoms with Crippen molar-refractivity contribution in [1.29, 1.82) is 0 Å². The second-order valence-corrected chi connectivity index (χ2v) is 6.15. The minimum atomic E-state index is -0.733. The van der Waals surface area contributed by atoms with Gasteiger partial charge in [0.15, 0.2) is 0 Å². The molecule has 0 aromatic heterocycles. The van der Waals surface area contributed by atoms with Gasteiger partial charge in [-0.1, -0.05) is 48.5 Å². The molecule has 0 bridgehead atoms. The van der Waals surface area contributed by atoms with Gasteiger partial charge >= 0.3 is 0 Å². The lowest BCUT2D eigenvalue weighted by Crippen LogP contribution is -2.38. The zero-order valence-corrected chi connectivity index (χ0v) is 12.7. The van der Waals surface area contributed by atoms with Crippen molar-refractivity contribution in [3.63, 3.8) is 0 Å². The van der Waals surface area contributed by atoms with Gasteiger partial charge in [-0.2, -0.15) is 0 Å². The molecule has 1 aliphatic rings. The summed E-state index contributed by atoms with van der Waals surface area (Å²) in [6.45, 7) is 1.00. The van der Waals surface area contributed by atoms with Crippen LogP contribution in [0.3, 0.4) is 0 Å². The quantitative estimate of drug-likeness (QED) is 0.560. The summed E-state index contributed by atoms with van der Waals surface area (Å²) in [6.07, 6.45) is -1.42. The average molecular weight is 308 g/mol. The average Bonchev–Trinajstić information content (AvgIpc) is 2.90. The highest BCUT2D eigenvalue weighted by Gasteiger charge is 2.32. The van der Waals surface area contributed by atoms with E-state index in [9.17, 15) is 10.2 Å². The van der Waals surface area contributed by atoms with E-state index in [2.05, 4.69) is 41.0 Å². The predicted octanol–water partition coefficient (Wildman–Crippen LogP) is 2.10. The van der Waals surface area contributed by atoms with Crippen molar-refractivity contribution in [1.82, 2.24) is 5.32 Å². The van der Waals surface area contributed by atoms with Crippen molar-refractivity contribution < 1.29 is 10.2 Å². The molecule has 1 aliphatic heterocycles. The summed E-state index contributed by atoms with van der Waals surface area (Å²) in [5.41, 5.74) is 1.08. The molecule has 23 heavy (non-hydrogen) atoms. The Kier molecular flexibility index (Phi) is 3.65. The zero-order valence-electron chi connectivity index (χ0n) is 12.7. The van der Waals surface area contributed by atoms with E-state index in [1.54, 1.807) is 0 Å². The fourth-order valence-corrected chi connectivity index (χ4v) is 3.39. The van der Waals surface area contributed by atoms with E-state index in [0.717, 1.165) is 5.69 Å². The number of nitrogens with one attached hydrogen (secondary N) is 2. The van der Waals surface area contributed by atoms with Gasteiger partial charge in [0.25, 0.3) is 0 Å². The molecule has 0 spiro atoms. The molecule has 0 unspecified atom stereocenters. The Labute approximate surface area is 134 Å². The first-order valence-electron chi connectivity index (χ1n) is 7.98. The zero-order chi connectivity index (χ0) is 15.8. The minimum Gasteiger partial charge on any atom is -0.389 e. The molecule has 3 aromatic rings. The minimum absolute atomic E-state index is 0.150. The Morgan fingerprint density at radius 2 is 1.57 bits per heavy atom. The predicted molar refractivity (Wildman–Crippen MR) is 93.7 cm³/mol. The van der Waals surface area contributed by atoms with Crippen LogP contribution < -0.4 is 10.6 Å². The van der Waals surface area contributed by atoms with E-state index in [1.807, 2.05) is 24.3 Å². The number of hydrogen-bond donors (Lipinski definition) is 4. The van der Waals surface area contributed by atoms with Gasteiger partial charge in [0.2, 0.25) is 0 Å². The normalized spacial score (nSPS) is 24.3. The molecule has 118 valence electrons. The summed E-state index contributed by atoms with van der Waals surface area (Å²) in [5, 5.41) is 31.0. The summed E-state index contributed by atoms with van der Waals surface area (Å²) in [4.78, 5) is 0. The topological polar surface area (TPSA) is 64.5 Å². The Morgan fingerprint density at radius 1 is 0.957 bits per heavy atom. The number of rotatable bonds is 3. The van der Waals surface area contributed by atoms with Crippen LogP contribution in [-0.4, -0.2) is 41.6 Å². The molecule has 4 rings (SSSR count). The van der Waals surface area contributed by atoms with E-state index in [0.29, 0.717) is 13.1 Å². The lowest BCUT2D eigenvalue weighted by molar-refractivity contribution is 0.0427. The largest absolute Gasteiger partial charge is 0.389 e. The van der Waals surface area contributed by atoms with Crippen LogP contribution in [0.25, 0.3) is 21.5 Å². The van der Waals surface area contributed by atoms with Gasteiger partial charge in [-0.25, -0.2) is 0 Å². The van der Waals surface area contributed by atoms with E-state index >= 15 is 0 Å². The fourth-order valence-electron chi connectivity index (χ4n) is 3.39. The van der Waals surface area contributed by atoms with Crippen molar-refractivity contribution >= 4 is 27.2 Å². The first-order chi connectivity index (χ1) is 11.2. The van der Waals surface area contributed by atoms with Gasteiger partial charge in [0, 0.05) is 29.5 Å². The summed E-state index contributed by atoms with van der Waals surface area (Å²) >= 11 is 0. The number of aliphatic hydroxyl groups is 2. The van der Waals surface area contributed by atoms with Gasteiger partial charge in [-0.05, 0) is 16.8 Å². The Hall–Kier alpha value is -2.14. The smallest absolute Gasteiger partial charge is 0.0981 e. The maximum atomic E-state index is 10.0. The van der Waals surface area contributed by atoms with Crippen LogP contribution in [0.15, 0.2) is 54.6 Å². The highest BCUT2D eigenvalue weighted by Crippen LogP contribution is 2.32. The summed E-state index contributed by atoms with van der Waals surface area (Å²) in [6, 6.07) is 18.6. The monoisotopic (exact) mass is 308 g/mol. The Bertz CT molecular complexity index is 795. The van der Waals surface area contributed by atoms with Crippen LogP contribution in [0.2, 0.25) is 0 Å². The highest BCUT2D eigenvalue weighted by atomic mass is 16.3. The van der Waals surface area contributed by atoms with Crippen LogP contribution in [-0.2, 0) is 0 Å². The van der Waals surface area contributed by atoms with E-state index in [1.165, 1.54) is 21.5 Å². The molecular weight excluding hydrogens is 288 g/mol. The summed E-state index contributed by atoms with van der Waals surface area (Å²) in [7, 11) is 0. The van der Waals surface area contributed by atoms with Crippen LogP contribution in [0.5, 0.6) is 0 Å². The van der Waals surface area contributed by atoms with Gasteiger partial charge in [-0.15, -0.1) is 0 Å². The number of anilines is 1.